The molecule has 0 saturated heterocycles. The van der Waals surface area contributed by atoms with Crippen molar-refractivity contribution in [1.29, 1.82) is 0 Å². The Balaban J connectivity index is 1.96. The Bertz CT molecular complexity index is 527. The summed E-state index contributed by atoms with van der Waals surface area (Å²) in [6, 6.07) is 8.58. The van der Waals surface area contributed by atoms with Gasteiger partial charge in [-0.25, -0.2) is 4.39 Å². The predicted octanol–water partition coefficient (Wildman–Crippen LogP) is 3.94. The van der Waals surface area contributed by atoms with Gasteiger partial charge < -0.3 is 15.5 Å². The quantitative estimate of drug-likeness (QED) is 0.774. The Morgan fingerprint density at radius 2 is 2.05 bits per heavy atom. The molecule has 1 aromatic heterocycles. The van der Waals surface area contributed by atoms with Gasteiger partial charge in [-0.05, 0) is 37.9 Å². The monoisotopic (exact) mass is 290 g/mol. The molecule has 3 nitrogen and oxygen atoms in total. The van der Waals surface area contributed by atoms with E-state index in [2.05, 4.69) is 12.2 Å². The normalized spacial score (nSPS) is 14.0. The molecular formula is C17H23FN2O. The highest BCUT2D eigenvalue weighted by Gasteiger charge is 2.16. The van der Waals surface area contributed by atoms with Crippen molar-refractivity contribution < 1.29 is 8.81 Å². The van der Waals surface area contributed by atoms with Crippen LogP contribution in [0.1, 0.15) is 49.4 Å². The van der Waals surface area contributed by atoms with E-state index in [-0.39, 0.29) is 17.9 Å². The summed E-state index contributed by atoms with van der Waals surface area (Å²) in [7, 11) is 0. The molecule has 2 unspecified atom stereocenters. The standard InChI is InChI=1S/C17H23FN2O/c1-2-10-20-17(13-9-11-21-12-13)8-7-16(19)14-5-3-4-6-15(14)18/h3-6,9,11-12,16-17,20H,2,7-8,10,19H2,1H3. The maximum absolute atomic E-state index is 13.7. The minimum Gasteiger partial charge on any atom is -0.472 e. The van der Waals surface area contributed by atoms with E-state index in [9.17, 15) is 4.39 Å². The van der Waals surface area contributed by atoms with E-state index < -0.39 is 0 Å². The lowest BCUT2D eigenvalue weighted by Gasteiger charge is -2.20. The van der Waals surface area contributed by atoms with Gasteiger partial charge in [0.15, 0.2) is 0 Å². The molecule has 0 amide bonds. The molecule has 0 bridgehead atoms. The number of hydrogen-bond donors (Lipinski definition) is 2. The van der Waals surface area contributed by atoms with Gasteiger partial charge in [-0.1, -0.05) is 25.1 Å². The third-order valence-corrected chi connectivity index (χ3v) is 3.66. The van der Waals surface area contributed by atoms with Crippen LogP contribution in [-0.2, 0) is 0 Å². The first-order valence-corrected chi connectivity index (χ1v) is 7.47. The summed E-state index contributed by atoms with van der Waals surface area (Å²) in [5.74, 6) is -0.230. The lowest BCUT2D eigenvalue weighted by molar-refractivity contribution is 0.448. The van der Waals surface area contributed by atoms with Crippen LogP contribution in [0.15, 0.2) is 47.3 Å². The van der Waals surface area contributed by atoms with Crippen LogP contribution < -0.4 is 11.1 Å². The van der Waals surface area contributed by atoms with Crippen LogP contribution in [0.25, 0.3) is 0 Å². The second kappa shape index (κ2) is 7.96. The fraction of sp³-hybridized carbons (Fsp3) is 0.412. The zero-order chi connectivity index (χ0) is 15.1. The summed E-state index contributed by atoms with van der Waals surface area (Å²) in [5.41, 5.74) is 7.83. The molecule has 1 aromatic carbocycles. The van der Waals surface area contributed by atoms with Gasteiger partial charge >= 0.3 is 0 Å². The first-order chi connectivity index (χ1) is 10.2. The van der Waals surface area contributed by atoms with Crippen LogP contribution in [0.4, 0.5) is 4.39 Å². The van der Waals surface area contributed by atoms with Crippen LogP contribution in [0.2, 0.25) is 0 Å². The van der Waals surface area contributed by atoms with Gasteiger partial charge in [-0.3, -0.25) is 0 Å². The van der Waals surface area contributed by atoms with E-state index in [4.69, 9.17) is 10.2 Å². The summed E-state index contributed by atoms with van der Waals surface area (Å²) in [5, 5.41) is 3.48. The molecule has 21 heavy (non-hydrogen) atoms. The second-order valence-corrected chi connectivity index (χ2v) is 5.27. The fourth-order valence-electron chi connectivity index (χ4n) is 2.46. The van der Waals surface area contributed by atoms with Crippen LogP contribution in [0, 0.1) is 5.82 Å². The molecule has 3 N–H and O–H groups in total. The number of nitrogens with two attached hydrogens (primary N) is 1. The third kappa shape index (κ3) is 4.41. The molecule has 2 atom stereocenters. The maximum atomic E-state index is 13.7. The topological polar surface area (TPSA) is 51.2 Å². The molecule has 0 saturated carbocycles. The summed E-state index contributed by atoms with van der Waals surface area (Å²) in [6.45, 7) is 3.06. The average molecular weight is 290 g/mol. The van der Waals surface area contributed by atoms with Gasteiger partial charge in [0.05, 0.1) is 12.5 Å². The van der Waals surface area contributed by atoms with Crippen molar-refractivity contribution in [2.24, 2.45) is 5.73 Å². The van der Waals surface area contributed by atoms with Gasteiger partial charge in [0, 0.05) is 23.2 Å². The molecule has 0 aliphatic rings. The Morgan fingerprint density at radius 3 is 2.71 bits per heavy atom. The Morgan fingerprint density at radius 1 is 1.24 bits per heavy atom. The van der Waals surface area contributed by atoms with Crippen LogP contribution >= 0.6 is 0 Å². The van der Waals surface area contributed by atoms with Crippen molar-refractivity contribution in [2.45, 2.75) is 38.3 Å². The predicted molar refractivity (Wildman–Crippen MR) is 82.3 cm³/mol. The molecule has 0 aliphatic heterocycles. The summed E-state index contributed by atoms with van der Waals surface area (Å²) in [4.78, 5) is 0. The van der Waals surface area contributed by atoms with Gasteiger partial charge in [0.2, 0.25) is 0 Å². The minimum absolute atomic E-state index is 0.196. The van der Waals surface area contributed by atoms with E-state index in [0.717, 1.165) is 24.9 Å². The molecule has 0 fully saturated rings. The molecule has 1 heterocycles. The third-order valence-electron chi connectivity index (χ3n) is 3.66. The summed E-state index contributed by atoms with van der Waals surface area (Å²) < 4.78 is 18.9. The molecular weight excluding hydrogens is 267 g/mol. The number of benzene rings is 1. The van der Waals surface area contributed by atoms with Crippen molar-refractivity contribution in [3.8, 4) is 0 Å². The van der Waals surface area contributed by atoms with Crippen LogP contribution in [0.3, 0.4) is 0 Å². The smallest absolute Gasteiger partial charge is 0.127 e. The molecule has 2 aromatic rings. The zero-order valence-electron chi connectivity index (χ0n) is 12.4. The number of rotatable bonds is 8. The molecule has 114 valence electrons. The SMILES string of the molecule is CCCNC(CCC(N)c1ccccc1F)c1ccoc1. The highest BCUT2D eigenvalue weighted by molar-refractivity contribution is 5.21. The molecule has 0 radical (unpaired) electrons. The second-order valence-electron chi connectivity index (χ2n) is 5.27. The average Bonchev–Trinajstić information content (AvgIpc) is 3.01. The number of furan rings is 1. The highest BCUT2D eigenvalue weighted by Crippen LogP contribution is 2.25. The van der Waals surface area contributed by atoms with Crippen molar-refractivity contribution in [3.63, 3.8) is 0 Å². The van der Waals surface area contributed by atoms with Crippen molar-refractivity contribution in [3.05, 3.63) is 59.8 Å². The van der Waals surface area contributed by atoms with Crippen molar-refractivity contribution in [2.75, 3.05) is 6.54 Å². The Labute approximate surface area is 125 Å². The van der Waals surface area contributed by atoms with Crippen molar-refractivity contribution in [1.82, 2.24) is 5.32 Å². The van der Waals surface area contributed by atoms with E-state index in [1.54, 1.807) is 24.7 Å². The molecule has 0 spiro atoms. The first kappa shape index (κ1) is 15.7. The van der Waals surface area contributed by atoms with Gasteiger partial charge in [-0.2, -0.15) is 0 Å². The lowest BCUT2D eigenvalue weighted by Crippen LogP contribution is -2.23. The molecule has 4 heteroatoms. The maximum Gasteiger partial charge on any atom is 0.127 e. The summed E-state index contributed by atoms with van der Waals surface area (Å²) in [6.07, 6.45) is 6.05. The van der Waals surface area contributed by atoms with Crippen LogP contribution in [-0.4, -0.2) is 6.54 Å². The molecule has 0 aliphatic carbocycles. The zero-order valence-corrected chi connectivity index (χ0v) is 12.4. The van der Waals surface area contributed by atoms with Crippen LogP contribution in [0.5, 0.6) is 0 Å². The number of nitrogens with one attached hydrogen (secondary N) is 1. The largest absolute Gasteiger partial charge is 0.472 e. The Kier molecular flexibility index (Phi) is 5.96. The van der Waals surface area contributed by atoms with Crippen molar-refractivity contribution >= 4 is 0 Å². The lowest BCUT2D eigenvalue weighted by atomic mass is 9.97. The number of hydrogen-bond acceptors (Lipinski definition) is 3. The highest BCUT2D eigenvalue weighted by atomic mass is 19.1. The first-order valence-electron chi connectivity index (χ1n) is 7.47. The van der Waals surface area contributed by atoms with Gasteiger partial charge in [-0.15, -0.1) is 0 Å². The Hall–Kier alpha value is -1.65. The van der Waals surface area contributed by atoms with Gasteiger partial charge in [0.25, 0.3) is 0 Å². The van der Waals surface area contributed by atoms with E-state index in [0.29, 0.717) is 12.0 Å². The number of halogens is 1. The molecule has 2 rings (SSSR count). The van der Waals surface area contributed by atoms with Gasteiger partial charge in [0.1, 0.15) is 5.82 Å². The minimum atomic E-state index is -0.288. The van der Waals surface area contributed by atoms with E-state index in [1.807, 2.05) is 12.1 Å². The van der Waals surface area contributed by atoms with E-state index in [1.165, 1.54) is 6.07 Å². The van der Waals surface area contributed by atoms with E-state index >= 15 is 0 Å². The summed E-state index contributed by atoms with van der Waals surface area (Å²) >= 11 is 0. The fourth-order valence-corrected chi connectivity index (χ4v) is 2.46.